The second-order valence-electron chi connectivity index (χ2n) is 6.49. The number of carbonyl (C=O) groups is 1. The number of nitrogens with zero attached hydrogens (tertiary/aromatic N) is 5. The van der Waals surface area contributed by atoms with Crippen LogP contribution < -0.4 is 14.4 Å². The van der Waals surface area contributed by atoms with Gasteiger partial charge in [-0.1, -0.05) is 25.2 Å². The van der Waals surface area contributed by atoms with Gasteiger partial charge in [-0.25, -0.2) is 9.97 Å². The molecule has 0 spiro atoms. The molecule has 9 heteroatoms. The van der Waals surface area contributed by atoms with Gasteiger partial charge in [0.15, 0.2) is 11.0 Å². The maximum absolute atomic E-state index is 13.3. The van der Waals surface area contributed by atoms with Crippen molar-refractivity contribution in [2.45, 2.75) is 13.8 Å². The van der Waals surface area contributed by atoms with Crippen molar-refractivity contribution in [2.24, 2.45) is 7.05 Å². The number of benzene rings is 1. The van der Waals surface area contributed by atoms with Gasteiger partial charge < -0.3 is 18.9 Å². The molecule has 3 aromatic rings. The number of aryl methyl sites for hydroxylation is 1. The third kappa shape index (κ3) is 4.20. The summed E-state index contributed by atoms with van der Waals surface area (Å²) in [6.45, 7) is 7.32. The Hall–Kier alpha value is -2.65. The van der Waals surface area contributed by atoms with Crippen LogP contribution in [0.5, 0.6) is 11.5 Å². The fourth-order valence-corrected chi connectivity index (χ4v) is 4.25. The Bertz CT molecular complexity index is 939. The highest BCUT2D eigenvalue weighted by atomic mass is 32.1. The maximum Gasteiger partial charge on any atom is 0.296 e. The van der Waals surface area contributed by atoms with Crippen LogP contribution in [-0.2, 0) is 7.05 Å². The molecular weight excluding hydrogens is 390 g/mol. The molecule has 2 aromatic heterocycles. The van der Waals surface area contributed by atoms with Crippen LogP contribution in [0.2, 0.25) is 0 Å². The Labute approximate surface area is 174 Å². The summed E-state index contributed by atoms with van der Waals surface area (Å²) in [7, 11) is 5.04. The first-order chi connectivity index (χ1) is 14.0. The standard InChI is InChI=1S/C20H27N5O3S/c1-6-24(7-2)12-13-25(19(26)18-21-10-11-23(18)3)20-22-16-14(27-4)8-9-15(28-5)17(16)29-20/h8-11H,6-7,12-13H2,1-5H3. The van der Waals surface area contributed by atoms with Gasteiger partial charge in [-0.2, -0.15) is 0 Å². The quantitative estimate of drug-likeness (QED) is 0.533. The summed E-state index contributed by atoms with van der Waals surface area (Å²) in [5, 5.41) is 0.600. The largest absolute Gasteiger partial charge is 0.495 e. The van der Waals surface area contributed by atoms with Crippen LogP contribution in [0.4, 0.5) is 5.13 Å². The van der Waals surface area contributed by atoms with Gasteiger partial charge in [0, 0.05) is 32.5 Å². The second kappa shape index (κ2) is 9.23. The number of thiazole rings is 1. The number of carbonyl (C=O) groups excluding carboxylic acids is 1. The first-order valence-corrected chi connectivity index (χ1v) is 10.4. The number of hydrogen-bond donors (Lipinski definition) is 0. The number of imidazole rings is 1. The van der Waals surface area contributed by atoms with Gasteiger partial charge in [-0.3, -0.25) is 9.69 Å². The van der Waals surface area contributed by atoms with Gasteiger partial charge in [0.05, 0.1) is 14.2 Å². The average Bonchev–Trinajstić information content (AvgIpc) is 3.36. The molecule has 29 heavy (non-hydrogen) atoms. The number of methoxy groups -OCH3 is 2. The normalized spacial score (nSPS) is 11.2. The van der Waals surface area contributed by atoms with E-state index in [9.17, 15) is 4.79 Å². The number of rotatable bonds is 9. The molecule has 0 N–H and O–H groups in total. The van der Waals surface area contributed by atoms with Gasteiger partial charge >= 0.3 is 0 Å². The van der Waals surface area contributed by atoms with Crippen LogP contribution in [0.3, 0.4) is 0 Å². The van der Waals surface area contributed by atoms with Crippen molar-refractivity contribution < 1.29 is 14.3 Å². The molecule has 0 saturated carbocycles. The zero-order valence-corrected chi connectivity index (χ0v) is 18.3. The minimum atomic E-state index is -0.179. The van der Waals surface area contributed by atoms with E-state index in [2.05, 4.69) is 23.7 Å². The molecule has 8 nitrogen and oxygen atoms in total. The highest BCUT2D eigenvalue weighted by Gasteiger charge is 2.26. The van der Waals surface area contributed by atoms with Crippen molar-refractivity contribution in [1.29, 1.82) is 0 Å². The van der Waals surface area contributed by atoms with Crippen LogP contribution in [0, 0.1) is 0 Å². The lowest BCUT2D eigenvalue weighted by molar-refractivity contribution is 0.0971. The number of likely N-dealkylation sites (N-methyl/N-ethyl adjacent to an activating group) is 1. The molecule has 0 radical (unpaired) electrons. The zero-order chi connectivity index (χ0) is 21.0. The minimum Gasteiger partial charge on any atom is -0.495 e. The van der Waals surface area contributed by atoms with Gasteiger partial charge in [0.25, 0.3) is 5.91 Å². The van der Waals surface area contributed by atoms with Gasteiger partial charge in [0.1, 0.15) is 21.7 Å². The monoisotopic (exact) mass is 417 g/mol. The van der Waals surface area contributed by atoms with Gasteiger partial charge in [-0.15, -0.1) is 0 Å². The van der Waals surface area contributed by atoms with Crippen LogP contribution in [0.25, 0.3) is 10.2 Å². The van der Waals surface area contributed by atoms with Crippen molar-refractivity contribution in [3.63, 3.8) is 0 Å². The SMILES string of the molecule is CCN(CC)CCN(C(=O)c1nccn1C)c1nc2c(OC)ccc(OC)c2s1. The van der Waals surface area contributed by atoms with E-state index in [0.29, 0.717) is 34.5 Å². The van der Waals surface area contributed by atoms with E-state index >= 15 is 0 Å². The van der Waals surface area contributed by atoms with Crippen molar-refractivity contribution in [3.05, 3.63) is 30.4 Å². The second-order valence-corrected chi connectivity index (χ2v) is 7.47. The fourth-order valence-electron chi connectivity index (χ4n) is 3.15. The van der Waals surface area contributed by atoms with E-state index in [1.165, 1.54) is 11.3 Å². The number of fused-ring (bicyclic) bond motifs is 1. The average molecular weight is 418 g/mol. The first-order valence-electron chi connectivity index (χ1n) is 9.57. The molecule has 0 unspecified atom stereocenters. The molecule has 0 fully saturated rings. The van der Waals surface area contributed by atoms with E-state index in [4.69, 9.17) is 14.5 Å². The minimum absolute atomic E-state index is 0.179. The molecule has 3 rings (SSSR count). The molecule has 1 aromatic carbocycles. The highest BCUT2D eigenvalue weighted by molar-refractivity contribution is 7.22. The topological polar surface area (TPSA) is 72.7 Å². The Kier molecular flexibility index (Phi) is 6.71. The lowest BCUT2D eigenvalue weighted by atomic mass is 10.3. The molecule has 0 aliphatic rings. The lowest BCUT2D eigenvalue weighted by Gasteiger charge is -2.24. The molecule has 0 saturated heterocycles. The summed E-state index contributed by atoms with van der Waals surface area (Å²) in [5.74, 6) is 1.55. The predicted molar refractivity (Wildman–Crippen MR) is 115 cm³/mol. The van der Waals surface area contributed by atoms with Crippen molar-refractivity contribution in [3.8, 4) is 11.5 Å². The van der Waals surface area contributed by atoms with Crippen molar-refractivity contribution in [1.82, 2.24) is 19.4 Å². The fraction of sp³-hybridized carbons (Fsp3) is 0.450. The summed E-state index contributed by atoms with van der Waals surface area (Å²) in [6, 6.07) is 3.68. The molecule has 0 aliphatic carbocycles. The number of ether oxygens (including phenoxy) is 2. The van der Waals surface area contributed by atoms with E-state index in [0.717, 1.165) is 24.3 Å². The van der Waals surface area contributed by atoms with E-state index in [1.807, 2.05) is 19.2 Å². The van der Waals surface area contributed by atoms with Gasteiger partial charge in [-0.05, 0) is 25.2 Å². The Morgan fingerprint density at radius 1 is 1.14 bits per heavy atom. The van der Waals surface area contributed by atoms with Crippen LogP contribution in [-0.4, -0.2) is 65.7 Å². The Balaban J connectivity index is 2.05. The summed E-state index contributed by atoms with van der Waals surface area (Å²) in [4.78, 5) is 26.3. The van der Waals surface area contributed by atoms with Crippen LogP contribution >= 0.6 is 11.3 Å². The molecule has 2 heterocycles. The third-order valence-electron chi connectivity index (χ3n) is 4.92. The van der Waals surface area contributed by atoms with E-state index in [-0.39, 0.29) is 5.91 Å². The molecule has 0 atom stereocenters. The lowest BCUT2D eigenvalue weighted by Crippen LogP contribution is -2.39. The van der Waals surface area contributed by atoms with E-state index in [1.54, 1.807) is 36.1 Å². The molecule has 156 valence electrons. The smallest absolute Gasteiger partial charge is 0.296 e. The first kappa shape index (κ1) is 21.1. The van der Waals surface area contributed by atoms with E-state index < -0.39 is 0 Å². The summed E-state index contributed by atoms with van der Waals surface area (Å²) in [6.07, 6.45) is 3.39. The number of anilines is 1. The van der Waals surface area contributed by atoms with Gasteiger partial charge in [0.2, 0.25) is 0 Å². The molecular formula is C20H27N5O3S. The highest BCUT2D eigenvalue weighted by Crippen LogP contribution is 2.40. The maximum atomic E-state index is 13.3. The Morgan fingerprint density at radius 2 is 1.83 bits per heavy atom. The summed E-state index contributed by atoms with van der Waals surface area (Å²) in [5.41, 5.74) is 0.687. The van der Waals surface area contributed by atoms with Crippen LogP contribution in [0.15, 0.2) is 24.5 Å². The predicted octanol–water partition coefficient (Wildman–Crippen LogP) is 3.04. The number of hydrogen-bond acceptors (Lipinski definition) is 7. The third-order valence-corrected chi connectivity index (χ3v) is 6.01. The summed E-state index contributed by atoms with van der Waals surface area (Å²) >= 11 is 1.42. The molecule has 0 bridgehead atoms. The van der Waals surface area contributed by atoms with Crippen molar-refractivity contribution in [2.75, 3.05) is 45.3 Å². The molecule has 0 aliphatic heterocycles. The van der Waals surface area contributed by atoms with Crippen LogP contribution in [0.1, 0.15) is 24.5 Å². The summed E-state index contributed by atoms with van der Waals surface area (Å²) < 4.78 is 13.5. The number of amides is 1. The number of aromatic nitrogens is 3. The van der Waals surface area contributed by atoms with Crippen molar-refractivity contribution >= 4 is 32.6 Å². The zero-order valence-electron chi connectivity index (χ0n) is 17.5. The molecule has 1 amide bonds. The Morgan fingerprint density at radius 3 is 2.41 bits per heavy atom.